The molecule has 5 nitrogen and oxygen atoms in total. The van der Waals surface area contributed by atoms with Crippen LogP contribution in [0.5, 0.6) is 5.75 Å². The molecule has 0 saturated heterocycles. The molecule has 2 aromatic rings. The molecule has 0 aliphatic heterocycles. The second kappa shape index (κ2) is 5.11. The van der Waals surface area contributed by atoms with Crippen molar-refractivity contribution in [1.29, 1.82) is 0 Å². The van der Waals surface area contributed by atoms with Gasteiger partial charge in [0.05, 0.1) is 18.2 Å². The summed E-state index contributed by atoms with van der Waals surface area (Å²) in [5.74, 6) is -0.824. The lowest BCUT2D eigenvalue weighted by atomic mass is 9.91. The molecule has 0 bridgehead atoms. The highest BCUT2D eigenvalue weighted by atomic mass is 16.5. The minimum Gasteiger partial charge on any atom is -0.497 e. The lowest BCUT2D eigenvalue weighted by Gasteiger charge is -2.08. The van der Waals surface area contributed by atoms with E-state index in [1.807, 2.05) is 0 Å². The Kier molecular flexibility index (Phi) is 3.25. The van der Waals surface area contributed by atoms with Gasteiger partial charge in [-0.2, -0.15) is 0 Å². The molecule has 1 aliphatic carbocycles. The summed E-state index contributed by atoms with van der Waals surface area (Å²) in [4.78, 5) is 36.4. The predicted molar refractivity (Wildman–Crippen MR) is 78.1 cm³/mol. The first kappa shape index (κ1) is 14.0. The zero-order valence-electron chi connectivity index (χ0n) is 12.0. The van der Waals surface area contributed by atoms with Gasteiger partial charge in [0.15, 0.2) is 5.78 Å². The van der Waals surface area contributed by atoms with Crippen LogP contribution in [0.4, 0.5) is 0 Å². The molecule has 3 rings (SSSR count). The van der Waals surface area contributed by atoms with Crippen molar-refractivity contribution in [2.45, 2.75) is 6.92 Å². The van der Waals surface area contributed by atoms with Crippen LogP contribution in [-0.2, 0) is 4.79 Å². The van der Waals surface area contributed by atoms with E-state index in [4.69, 9.17) is 9.15 Å². The summed E-state index contributed by atoms with van der Waals surface area (Å²) in [5, 5.41) is 0. The van der Waals surface area contributed by atoms with Crippen molar-refractivity contribution >= 4 is 23.4 Å². The molecular formula is C17H12O5. The predicted octanol–water partition coefficient (Wildman–Crippen LogP) is 2.69. The van der Waals surface area contributed by atoms with Crippen LogP contribution < -0.4 is 4.74 Å². The zero-order chi connectivity index (χ0) is 15.9. The fraction of sp³-hybridized carbons (Fsp3) is 0.118. The van der Waals surface area contributed by atoms with Crippen LogP contribution in [0, 0.1) is 0 Å². The number of ether oxygens (including phenoxy) is 1. The summed E-state index contributed by atoms with van der Waals surface area (Å²) in [6, 6.07) is 6.49. The Bertz CT molecular complexity index is 821. The number of benzene rings is 1. The third kappa shape index (κ3) is 2.07. The van der Waals surface area contributed by atoms with Gasteiger partial charge in [0.25, 0.3) is 0 Å². The van der Waals surface area contributed by atoms with E-state index >= 15 is 0 Å². The molecule has 5 heteroatoms. The average Bonchev–Trinajstić information content (AvgIpc) is 2.96. The van der Waals surface area contributed by atoms with Gasteiger partial charge in [-0.3, -0.25) is 14.4 Å². The highest BCUT2D eigenvalue weighted by molar-refractivity contribution is 6.52. The van der Waals surface area contributed by atoms with Gasteiger partial charge in [-0.05, 0) is 37.3 Å². The molecule has 1 aromatic carbocycles. The number of rotatable bonds is 3. The molecule has 0 saturated carbocycles. The van der Waals surface area contributed by atoms with Gasteiger partial charge in [-0.1, -0.05) is 0 Å². The molecule has 0 amide bonds. The van der Waals surface area contributed by atoms with Crippen molar-refractivity contribution in [2.24, 2.45) is 0 Å². The van der Waals surface area contributed by atoms with E-state index in [0.29, 0.717) is 16.9 Å². The van der Waals surface area contributed by atoms with Crippen molar-refractivity contribution in [3.05, 3.63) is 58.6 Å². The lowest BCUT2D eigenvalue weighted by Crippen LogP contribution is -2.21. The Balaban J connectivity index is 2.05. The van der Waals surface area contributed by atoms with Crippen LogP contribution in [0.25, 0.3) is 6.08 Å². The van der Waals surface area contributed by atoms with E-state index in [1.54, 1.807) is 24.3 Å². The first-order valence-corrected chi connectivity index (χ1v) is 6.60. The van der Waals surface area contributed by atoms with Crippen LogP contribution in [0.3, 0.4) is 0 Å². The van der Waals surface area contributed by atoms with Crippen LogP contribution in [0.1, 0.15) is 39.0 Å². The first-order valence-electron chi connectivity index (χ1n) is 6.60. The highest BCUT2D eigenvalue weighted by Gasteiger charge is 2.33. The number of carbonyl (C=O) groups excluding carboxylic acids is 3. The van der Waals surface area contributed by atoms with Gasteiger partial charge in [0.1, 0.15) is 17.8 Å². The van der Waals surface area contributed by atoms with Crippen LogP contribution in [0.2, 0.25) is 0 Å². The smallest absolute Gasteiger partial charge is 0.237 e. The molecule has 1 heterocycles. The van der Waals surface area contributed by atoms with Gasteiger partial charge in [0, 0.05) is 11.1 Å². The molecule has 0 spiro atoms. The van der Waals surface area contributed by atoms with E-state index in [1.165, 1.54) is 26.4 Å². The molecule has 110 valence electrons. The van der Waals surface area contributed by atoms with E-state index in [-0.39, 0.29) is 22.7 Å². The average molecular weight is 296 g/mol. The van der Waals surface area contributed by atoms with Gasteiger partial charge >= 0.3 is 0 Å². The molecule has 0 unspecified atom stereocenters. The largest absolute Gasteiger partial charge is 0.497 e. The number of Topliss-reactive ketones (excluding diaryl/α,β-unsaturated/α-hetero) is 2. The van der Waals surface area contributed by atoms with Crippen molar-refractivity contribution in [3.63, 3.8) is 0 Å². The standard InChI is InChI=1S/C17H12O5/c1-9-7-13-14(17(20)15(9)18)12(8-22-13)16(19)10-3-5-11(21-2)6-4-10/h3-8H,1-2H3. The topological polar surface area (TPSA) is 73.6 Å². The number of hydrogen-bond acceptors (Lipinski definition) is 5. The Labute approximate surface area is 126 Å². The third-order valence-electron chi connectivity index (χ3n) is 3.56. The summed E-state index contributed by atoms with van der Waals surface area (Å²) < 4.78 is 10.3. The number of ketones is 3. The monoisotopic (exact) mass is 296 g/mol. The fourth-order valence-corrected chi connectivity index (χ4v) is 2.33. The summed E-state index contributed by atoms with van der Waals surface area (Å²) in [5.41, 5.74) is 0.824. The van der Waals surface area contributed by atoms with Crippen molar-refractivity contribution in [3.8, 4) is 5.75 Å². The zero-order valence-corrected chi connectivity index (χ0v) is 12.0. The number of hydrogen-bond donors (Lipinski definition) is 0. The van der Waals surface area contributed by atoms with Crippen LogP contribution in [0.15, 0.2) is 40.5 Å². The summed E-state index contributed by atoms with van der Waals surface area (Å²) in [7, 11) is 1.53. The normalized spacial score (nSPS) is 13.6. The minimum absolute atomic E-state index is 0.0384. The number of furan rings is 1. The first-order chi connectivity index (χ1) is 10.5. The quantitative estimate of drug-likeness (QED) is 0.643. The molecule has 0 radical (unpaired) electrons. The SMILES string of the molecule is COc1ccc(C(=O)c2coc3c2C(=O)C(=O)C(C)=C3)cc1. The summed E-state index contributed by atoms with van der Waals surface area (Å²) >= 11 is 0. The van der Waals surface area contributed by atoms with Crippen LogP contribution >= 0.6 is 0 Å². The Morgan fingerprint density at radius 3 is 2.41 bits per heavy atom. The number of carbonyl (C=O) groups is 3. The molecule has 1 aliphatic rings. The Morgan fingerprint density at radius 2 is 1.77 bits per heavy atom. The van der Waals surface area contributed by atoms with E-state index in [9.17, 15) is 14.4 Å². The van der Waals surface area contributed by atoms with E-state index in [2.05, 4.69) is 0 Å². The maximum Gasteiger partial charge on any atom is 0.237 e. The van der Waals surface area contributed by atoms with E-state index in [0.717, 1.165) is 0 Å². The van der Waals surface area contributed by atoms with Crippen molar-refractivity contribution in [1.82, 2.24) is 0 Å². The molecule has 0 fully saturated rings. The molecule has 0 atom stereocenters. The minimum atomic E-state index is -0.708. The third-order valence-corrected chi connectivity index (χ3v) is 3.56. The van der Waals surface area contributed by atoms with Crippen LogP contribution in [-0.4, -0.2) is 24.5 Å². The number of allylic oxidation sites excluding steroid dienone is 1. The molecule has 0 N–H and O–H groups in total. The molecular weight excluding hydrogens is 284 g/mol. The van der Waals surface area contributed by atoms with Crippen molar-refractivity contribution in [2.75, 3.05) is 7.11 Å². The van der Waals surface area contributed by atoms with Gasteiger partial charge < -0.3 is 9.15 Å². The van der Waals surface area contributed by atoms with Gasteiger partial charge in [-0.25, -0.2) is 0 Å². The summed E-state index contributed by atoms with van der Waals surface area (Å²) in [6.07, 6.45) is 2.70. The van der Waals surface area contributed by atoms with Crippen molar-refractivity contribution < 1.29 is 23.5 Å². The van der Waals surface area contributed by atoms with Gasteiger partial charge in [-0.15, -0.1) is 0 Å². The molecule has 22 heavy (non-hydrogen) atoms. The number of fused-ring (bicyclic) bond motifs is 1. The Morgan fingerprint density at radius 1 is 1.09 bits per heavy atom. The lowest BCUT2D eigenvalue weighted by molar-refractivity contribution is -0.111. The summed E-state index contributed by atoms with van der Waals surface area (Å²) in [6.45, 7) is 1.54. The van der Waals surface area contributed by atoms with E-state index < -0.39 is 11.6 Å². The fourth-order valence-electron chi connectivity index (χ4n) is 2.33. The second-order valence-corrected chi connectivity index (χ2v) is 4.93. The maximum absolute atomic E-state index is 12.5. The highest BCUT2D eigenvalue weighted by Crippen LogP contribution is 2.28. The maximum atomic E-state index is 12.5. The Hall–Kier alpha value is -2.95. The van der Waals surface area contributed by atoms with Gasteiger partial charge in [0.2, 0.25) is 11.6 Å². The number of methoxy groups -OCH3 is 1. The second-order valence-electron chi connectivity index (χ2n) is 4.93. The molecule has 1 aromatic heterocycles.